The number of allylic oxidation sites excluding steroid dienone is 2. The fraction of sp³-hybridized carbons (Fsp3) is 0.545. The molecular weight excluding hydrogens is 585 g/mol. The van der Waals surface area contributed by atoms with Gasteiger partial charge in [0.15, 0.2) is 0 Å². The molecule has 3 aromatic heterocycles. The van der Waals surface area contributed by atoms with E-state index in [1.807, 2.05) is 0 Å². The van der Waals surface area contributed by atoms with Crippen molar-refractivity contribution < 1.29 is 0 Å². The molecule has 4 nitrogen and oxygen atoms in total. The molecule has 0 unspecified atom stereocenters. The molecule has 0 saturated carbocycles. The Bertz CT molecular complexity index is 1560. The first-order valence-electron chi connectivity index (χ1n) is 19.8. The Morgan fingerprint density at radius 1 is 0.417 bits per heavy atom. The van der Waals surface area contributed by atoms with E-state index in [1.54, 1.807) is 0 Å². The maximum Gasteiger partial charge on any atom is 0.0875 e. The van der Waals surface area contributed by atoms with E-state index in [9.17, 15) is 0 Å². The van der Waals surface area contributed by atoms with Gasteiger partial charge in [0.2, 0.25) is 0 Å². The molecule has 5 rings (SSSR count). The van der Waals surface area contributed by atoms with Crippen LogP contribution in [0.5, 0.6) is 0 Å². The highest BCUT2D eigenvalue weighted by molar-refractivity contribution is 5.90. The second-order valence-electron chi connectivity index (χ2n) is 14.3. The third-order valence-corrected chi connectivity index (χ3v) is 10.2. The summed E-state index contributed by atoms with van der Waals surface area (Å²) in [5.41, 5.74) is 14.6. The Kier molecular flexibility index (Phi) is 14.2. The van der Waals surface area contributed by atoms with Crippen molar-refractivity contribution in [1.29, 1.82) is 0 Å². The summed E-state index contributed by atoms with van der Waals surface area (Å²) in [6.45, 7) is 9.15. The van der Waals surface area contributed by atoms with E-state index in [0.717, 1.165) is 59.5 Å². The second-order valence-corrected chi connectivity index (χ2v) is 14.3. The number of nitrogens with zero attached hydrogens (tertiary/aromatic N) is 2. The molecule has 0 amide bonds. The fourth-order valence-corrected chi connectivity index (χ4v) is 7.22. The first-order chi connectivity index (χ1) is 23.6. The van der Waals surface area contributed by atoms with E-state index < -0.39 is 0 Å². The number of aryl methyl sites for hydroxylation is 2. The van der Waals surface area contributed by atoms with Crippen LogP contribution in [0, 0.1) is 0 Å². The number of aromatic amines is 2. The third kappa shape index (κ3) is 9.83. The average molecular weight is 647 g/mol. The van der Waals surface area contributed by atoms with Crippen LogP contribution in [0.25, 0.3) is 45.4 Å². The summed E-state index contributed by atoms with van der Waals surface area (Å²) >= 11 is 0. The van der Waals surface area contributed by atoms with Crippen molar-refractivity contribution in [3.8, 4) is 0 Å². The zero-order valence-electron chi connectivity index (χ0n) is 30.7. The van der Waals surface area contributed by atoms with E-state index in [0.29, 0.717) is 0 Å². The highest BCUT2D eigenvalue weighted by atomic mass is 14.8. The Hall–Kier alpha value is -3.40. The van der Waals surface area contributed by atoms with Crippen molar-refractivity contribution in [2.24, 2.45) is 0 Å². The standard InChI is InChI=1S/C44H62N4/c1-5-9-13-17-21-33-29-41-42-30-34(22-18-14-10-6-2)39(46-42)27-28-40-36(24-20-16-12-8-4)32-44(48-40)43-31-35(23-19-15-11-7-3)38(47-43)26-25-37(33)45-41/h25-32,45,47H,5-24H2,1-4H3. The van der Waals surface area contributed by atoms with Gasteiger partial charge in [-0.15, -0.1) is 0 Å². The molecule has 2 aliphatic heterocycles. The Morgan fingerprint density at radius 3 is 1.17 bits per heavy atom. The molecule has 2 N–H and O–H groups in total. The first kappa shape index (κ1) is 35.9. The Balaban J connectivity index is 1.65. The highest BCUT2D eigenvalue weighted by Gasteiger charge is 2.16. The average Bonchev–Trinajstić information content (AvgIpc) is 3.88. The van der Waals surface area contributed by atoms with Crippen molar-refractivity contribution in [2.75, 3.05) is 0 Å². The van der Waals surface area contributed by atoms with Crippen LogP contribution in [-0.4, -0.2) is 19.9 Å². The van der Waals surface area contributed by atoms with Crippen LogP contribution in [0.15, 0.2) is 36.4 Å². The number of rotatable bonds is 20. The van der Waals surface area contributed by atoms with E-state index in [2.05, 4.69) is 86.2 Å². The fourth-order valence-electron chi connectivity index (χ4n) is 7.22. The lowest BCUT2D eigenvalue weighted by atomic mass is 10.0. The number of aromatic nitrogens is 4. The molecule has 4 heteroatoms. The van der Waals surface area contributed by atoms with E-state index in [1.165, 1.54) is 136 Å². The van der Waals surface area contributed by atoms with Crippen LogP contribution >= 0.6 is 0 Å². The predicted molar refractivity (Wildman–Crippen MR) is 210 cm³/mol. The van der Waals surface area contributed by atoms with Gasteiger partial charge in [-0.3, -0.25) is 0 Å². The number of hydrogen-bond acceptors (Lipinski definition) is 2. The zero-order valence-corrected chi connectivity index (χ0v) is 30.7. The van der Waals surface area contributed by atoms with Crippen molar-refractivity contribution in [3.63, 3.8) is 0 Å². The third-order valence-electron chi connectivity index (χ3n) is 10.2. The molecule has 0 aromatic carbocycles. The van der Waals surface area contributed by atoms with Crippen molar-refractivity contribution in [2.45, 2.75) is 156 Å². The summed E-state index contributed by atoms with van der Waals surface area (Å²) in [5.74, 6) is 0. The molecular formula is C44H62N4. The zero-order chi connectivity index (χ0) is 33.6. The van der Waals surface area contributed by atoms with Crippen molar-refractivity contribution in [3.05, 3.63) is 70.3 Å². The highest BCUT2D eigenvalue weighted by Crippen LogP contribution is 2.32. The Labute approximate surface area is 291 Å². The predicted octanol–water partition coefficient (Wildman–Crippen LogP) is 13.6. The molecule has 8 bridgehead atoms. The SMILES string of the molecule is CCCCCCC1=Cc2nc1ccc1nc(c3cc(CCCCCC)c(ccc4[nH]c2cc4CCCCCC)[nH]3)C=C1CCCCCC. The minimum atomic E-state index is 1.07. The maximum atomic E-state index is 5.28. The van der Waals surface area contributed by atoms with Crippen LogP contribution in [0.2, 0.25) is 0 Å². The smallest absolute Gasteiger partial charge is 0.0875 e. The van der Waals surface area contributed by atoms with Crippen LogP contribution in [0.3, 0.4) is 0 Å². The van der Waals surface area contributed by atoms with Gasteiger partial charge >= 0.3 is 0 Å². The Morgan fingerprint density at radius 2 is 0.792 bits per heavy atom. The van der Waals surface area contributed by atoms with Crippen LogP contribution in [0.1, 0.15) is 177 Å². The molecule has 48 heavy (non-hydrogen) atoms. The molecule has 0 fully saturated rings. The molecule has 258 valence electrons. The molecule has 5 heterocycles. The van der Waals surface area contributed by atoms with Gasteiger partial charge in [0.25, 0.3) is 0 Å². The van der Waals surface area contributed by atoms with Crippen LogP contribution in [0.4, 0.5) is 0 Å². The van der Waals surface area contributed by atoms with Crippen molar-refractivity contribution in [1.82, 2.24) is 19.9 Å². The molecule has 0 radical (unpaired) electrons. The summed E-state index contributed by atoms with van der Waals surface area (Å²) in [7, 11) is 0. The summed E-state index contributed by atoms with van der Waals surface area (Å²) < 4.78 is 0. The first-order valence-corrected chi connectivity index (χ1v) is 19.8. The number of fused-ring (bicyclic) bond motifs is 10. The van der Waals surface area contributed by atoms with Gasteiger partial charge in [-0.2, -0.15) is 0 Å². The molecule has 0 saturated heterocycles. The minimum absolute atomic E-state index is 1.07. The lowest BCUT2D eigenvalue weighted by Gasteiger charge is -2.03. The quantitative estimate of drug-likeness (QED) is 0.120. The number of hydrogen-bond donors (Lipinski definition) is 2. The largest absolute Gasteiger partial charge is 0.354 e. The topological polar surface area (TPSA) is 57.4 Å². The van der Waals surface area contributed by atoms with Gasteiger partial charge in [-0.1, -0.05) is 105 Å². The number of unbranched alkanes of at least 4 members (excludes halogenated alkanes) is 12. The molecule has 3 aromatic rings. The number of H-pyrrole nitrogens is 2. The number of nitrogens with one attached hydrogen (secondary N) is 2. The molecule has 0 atom stereocenters. The normalized spacial score (nSPS) is 12.8. The van der Waals surface area contributed by atoms with Crippen LogP contribution < -0.4 is 0 Å². The van der Waals surface area contributed by atoms with Crippen LogP contribution in [-0.2, 0) is 12.8 Å². The monoisotopic (exact) mass is 646 g/mol. The summed E-state index contributed by atoms with van der Waals surface area (Å²) in [6.07, 6.45) is 29.2. The van der Waals surface area contributed by atoms with Gasteiger partial charge in [0, 0.05) is 11.0 Å². The summed E-state index contributed by atoms with van der Waals surface area (Å²) in [4.78, 5) is 18.2. The molecule has 0 spiro atoms. The van der Waals surface area contributed by atoms with E-state index in [4.69, 9.17) is 9.97 Å². The maximum absolute atomic E-state index is 5.28. The second kappa shape index (κ2) is 19.0. The lowest BCUT2D eigenvalue weighted by molar-refractivity contribution is 0.668. The van der Waals surface area contributed by atoms with Gasteiger partial charge in [-0.05, 0) is 122 Å². The van der Waals surface area contributed by atoms with Gasteiger partial charge < -0.3 is 9.97 Å². The molecule has 2 aliphatic rings. The minimum Gasteiger partial charge on any atom is -0.354 e. The van der Waals surface area contributed by atoms with E-state index in [-0.39, 0.29) is 0 Å². The van der Waals surface area contributed by atoms with Gasteiger partial charge in [-0.25, -0.2) is 9.97 Å². The van der Waals surface area contributed by atoms with E-state index >= 15 is 0 Å². The van der Waals surface area contributed by atoms with Gasteiger partial charge in [0.1, 0.15) is 0 Å². The lowest BCUT2D eigenvalue weighted by Crippen LogP contribution is -1.86. The summed E-state index contributed by atoms with van der Waals surface area (Å²) in [5, 5.41) is 0. The van der Waals surface area contributed by atoms with Crippen molar-refractivity contribution >= 4 is 45.4 Å². The van der Waals surface area contributed by atoms with Gasteiger partial charge in [0.05, 0.1) is 33.8 Å². The molecule has 0 aliphatic carbocycles. The summed E-state index contributed by atoms with van der Waals surface area (Å²) in [6, 6.07) is 13.9.